The molecule has 78 valence electrons. The molecule has 0 aromatic carbocycles. The summed E-state index contributed by atoms with van der Waals surface area (Å²) < 4.78 is 0. The summed E-state index contributed by atoms with van der Waals surface area (Å²) in [5.74, 6) is 0. The van der Waals surface area contributed by atoms with E-state index in [1.165, 1.54) is 16.8 Å². The van der Waals surface area contributed by atoms with Gasteiger partial charge in [-0.05, 0) is 36.4 Å². The largest absolute Gasteiger partial charge is 0.378 e. The van der Waals surface area contributed by atoms with Gasteiger partial charge in [0.25, 0.3) is 0 Å². The third-order valence-corrected chi connectivity index (χ3v) is 3.28. The SMILES string of the molecule is Cc1cscc1NCc1ncccc1C. The highest BCUT2D eigenvalue weighted by Gasteiger charge is 2.01. The predicted molar refractivity (Wildman–Crippen MR) is 65.4 cm³/mol. The summed E-state index contributed by atoms with van der Waals surface area (Å²) in [6.45, 7) is 5.00. The molecule has 1 N–H and O–H groups in total. The average molecular weight is 218 g/mol. The Labute approximate surface area is 94.0 Å². The maximum Gasteiger partial charge on any atom is 0.0623 e. The molecule has 2 rings (SSSR count). The second kappa shape index (κ2) is 4.45. The first-order valence-corrected chi connectivity index (χ1v) is 5.89. The van der Waals surface area contributed by atoms with Crippen molar-refractivity contribution in [2.45, 2.75) is 20.4 Å². The van der Waals surface area contributed by atoms with Gasteiger partial charge in [-0.2, -0.15) is 0 Å². The van der Waals surface area contributed by atoms with E-state index in [0.29, 0.717) is 0 Å². The van der Waals surface area contributed by atoms with Crippen LogP contribution in [-0.4, -0.2) is 4.98 Å². The lowest BCUT2D eigenvalue weighted by molar-refractivity contribution is 1.02. The van der Waals surface area contributed by atoms with Crippen molar-refractivity contribution in [1.29, 1.82) is 0 Å². The normalized spacial score (nSPS) is 10.3. The predicted octanol–water partition coefficient (Wildman–Crippen LogP) is 3.37. The van der Waals surface area contributed by atoms with Gasteiger partial charge in [-0.25, -0.2) is 0 Å². The van der Waals surface area contributed by atoms with Crippen LogP contribution < -0.4 is 5.32 Å². The van der Waals surface area contributed by atoms with E-state index in [0.717, 1.165) is 12.2 Å². The molecule has 2 aromatic rings. The van der Waals surface area contributed by atoms with E-state index in [-0.39, 0.29) is 0 Å². The highest BCUT2D eigenvalue weighted by molar-refractivity contribution is 7.08. The standard InChI is InChI=1S/C12H14N2S/c1-9-4-3-5-13-11(9)6-14-12-8-15-7-10(12)2/h3-5,7-8,14H,6H2,1-2H3. The molecule has 15 heavy (non-hydrogen) atoms. The number of pyridine rings is 1. The number of hydrogen-bond acceptors (Lipinski definition) is 3. The van der Waals surface area contributed by atoms with Crippen molar-refractivity contribution in [1.82, 2.24) is 4.98 Å². The van der Waals surface area contributed by atoms with Crippen molar-refractivity contribution >= 4 is 17.0 Å². The van der Waals surface area contributed by atoms with E-state index in [1.54, 1.807) is 11.3 Å². The Kier molecular flexibility index (Phi) is 3.02. The molecule has 0 spiro atoms. The fraction of sp³-hybridized carbons (Fsp3) is 0.250. The molecule has 2 aromatic heterocycles. The summed E-state index contributed by atoms with van der Waals surface area (Å²) in [5.41, 5.74) is 4.86. The summed E-state index contributed by atoms with van der Waals surface area (Å²) in [4.78, 5) is 4.35. The van der Waals surface area contributed by atoms with Crippen molar-refractivity contribution in [3.05, 3.63) is 45.9 Å². The molecule has 0 fully saturated rings. The van der Waals surface area contributed by atoms with Gasteiger partial charge in [0.2, 0.25) is 0 Å². The van der Waals surface area contributed by atoms with Crippen LogP contribution in [0, 0.1) is 13.8 Å². The van der Waals surface area contributed by atoms with Gasteiger partial charge >= 0.3 is 0 Å². The second-order valence-corrected chi connectivity index (χ2v) is 4.33. The van der Waals surface area contributed by atoms with Gasteiger partial charge in [-0.15, -0.1) is 11.3 Å². The number of nitrogens with zero attached hydrogens (tertiary/aromatic N) is 1. The maximum absolute atomic E-state index is 4.35. The van der Waals surface area contributed by atoms with Gasteiger partial charge in [0.1, 0.15) is 0 Å². The van der Waals surface area contributed by atoms with E-state index in [9.17, 15) is 0 Å². The minimum Gasteiger partial charge on any atom is -0.378 e. The van der Waals surface area contributed by atoms with Crippen molar-refractivity contribution in [3.8, 4) is 0 Å². The number of aryl methyl sites for hydroxylation is 2. The number of rotatable bonds is 3. The van der Waals surface area contributed by atoms with Crippen LogP contribution in [0.15, 0.2) is 29.1 Å². The highest BCUT2D eigenvalue weighted by atomic mass is 32.1. The molecule has 0 aliphatic heterocycles. The van der Waals surface area contributed by atoms with Gasteiger partial charge in [0, 0.05) is 17.3 Å². The number of nitrogens with one attached hydrogen (secondary N) is 1. The van der Waals surface area contributed by atoms with Crippen LogP contribution in [0.5, 0.6) is 0 Å². The van der Waals surface area contributed by atoms with Crippen LogP contribution in [0.1, 0.15) is 16.8 Å². The first-order chi connectivity index (χ1) is 7.27. The molecule has 0 aliphatic rings. The molecule has 0 atom stereocenters. The monoisotopic (exact) mass is 218 g/mol. The minimum atomic E-state index is 0.796. The Morgan fingerprint density at radius 2 is 2.13 bits per heavy atom. The summed E-state index contributed by atoms with van der Waals surface area (Å²) in [7, 11) is 0. The fourth-order valence-electron chi connectivity index (χ4n) is 1.42. The zero-order valence-electron chi connectivity index (χ0n) is 8.95. The maximum atomic E-state index is 4.35. The second-order valence-electron chi connectivity index (χ2n) is 3.59. The molecule has 3 heteroatoms. The van der Waals surface area contributed by atoms with Crippen LogP contribution in [0.2, 0.25) is 0 Å². The Morgan fingerprint density at radius 1 is 1.27 bits per heavy atom. The van der Waals surface area contributed by atoms with E-state index >= 15 is 0 Å². The quantitative estimate of drug-likeness (QED) is 0.854. The Hall–Kier alpha value is -1.35. The van der Waals surface area contributed by atoms with Gasteiger partial charge in [0.05, 0.1) is 12.2 Å². The summed E-state index contributed by atoms with van der Waals surface area (Å²) in [5, 5.41) is 7.68. The highest BCUT2D eigenvalue weighted by Crippen LogP contribution is 2.20. The van der Waals surface area contributed by atoms with Crippen molar-refractivity contribution in [3.63, 3.8) is 0 Å². The lowest BCUT2D eigenvalue weighted by Crippen LogP contribution is -2.03. The Balaban J connectivity index is 2.06. The molecule has 0 bridgehead atoms. The molecule has 0 aliphatic carbocycles. The van der Waals surface area contributed by atoms with Crippen LogP contribution in [-0.2, 0) is 6.54 Å². The van der Waals surface area contributed by atoms with Crippen LogP contribution >= 0.6 is 11.3 Å². The number of aromatic nitrogens is 1. The fourth-order valence-corrected chi connectivity index (χ4v) is 2.23. The van der Waals surface area contributed by atoms with E-state index < -0.39 is 0 Å². The van der Waals surface area contributed by atoms with Gasteiger partial charge in [0.15, 0.2) is 0 Å². The van der Waals surface area contributed by atoms with Crippen LogP contribution in [0.3, 0.4) is 0 Å². The summed E-state index contributed by atoms with van der Waals surface area (Å²) in [6.07, 6.45) is 1.84. The molecule has 0 unspecified atom stereocenters. The number of thiophene rings is 1. The topological polar surface area (TPSA) is 24.9 Å². The van der Waals surface area contributed by atoms with E-state index in [2.05, 4.69) is 41.0 Å². The molecule has 2 nitrogen and oxygen atoms in total. The summed E-state index contributed by atoms with van der Waals surface area (Å²) in [6, 6.07) is 4.05. The summed E-state index contributed by atoms with van der Waals surface area (Å²) >= 11 is 1.72. The molecule has 0 amide bonds. The lowest BCUT2D eigenvalue weighted by Gasteiger charge is -2.07. The molecule has 2 heterocycles. The number of anilines is 1. The van der Waals surface area contributed by atoms with Crippen molar-refractivity contribution in [2.24, 2.45) is 0 Å². The van der Waals surface area contributed by atoms with E-state index in [4.69, 9.17) is 0 Å². The first-order valence-electron chi connectivity index (χ1n) is 4.94. The molecule has 0 saturated carbocycles. The van der Waals surface area contributed by atoms with Gasteiger partial charge < -0.3 is 5.32 Å². The third-order valence-electron chi connectivity index (χ3n) is 2.42. The molecular formula is C12H14N2S. The van der Waals surface area contributed by atoms with Crippen molar-refractivity contribution < 1.29 is 0 Å². The average Bonchev–Trinajstić information content (AvgIpc) is 2.63. The molecule has 0 radical (unpaired) electrons. The lowest BCUT2D eigenvalue weighted by atomic mass is 10.2. The first kappa shape index (κ1) is 10.2. The van der Waals surface area contributed by atoms with E-state index in [1.807, 2.05) is 12.3 Å². The molecular weight excluding hydrogens is 204 g/mol. The van der Waals surface area contributed by atoms with Crippen molar-refractivity contribution in [2.75, 3.05) is 5.32 Å². The zero-order chi connectivity index (χ0) is 10.7. The van der Waals surface area contributed by atoms with Crippen LogP contribution in [0.25, 0.3) is 0 Å². The minimum absolute atomic E-state index is 0.796. The smallest absolute Gasteiger partial charge is 0.0623 e. The number of hydrogen-bond donors (Lipinski definition) is 1. The van der Waals surface area contributed by atoms with Gasteiger partial charge in [-0.1, -0.05) is 6.07 Å². The Bertz CT molecular complexity index is 448. The van der Waals surface area contributed by atoms with Gasteiger partial charge in [-0.3, -0.25) is 4.98 Å². The van der Waals surface area contributed by atoms with Crippen LogP contribution in [0.4, 0.5) is 5.69 Å². The zero-order valence-corrected chi connectivity index (χ0v) is 9.77. The third kappa shape index (κ3) is 2.36. The molecule has 0 saturated heterocycles. The Morgan fingerprint density at radius 3 is 2.80 bits per heavy atom.